The predicted molar refractivity (Wildman–Crippen MR) is 87.3 cm³/mol. The zero-order valence-corrected chi connectivity index (χ0v) is 13.3. The van der Waals surface area contributed by atoms with Gasteiger partial charge in [0.1, 0.15) is 5.75 Å². The average molecular weight is 326 g/mol. The van der Waals surface area contributed by atoms with Gasteiger partial charge in [0, 0.05) is 19.7 Å². The minimum Gasteiger partial charge on any atom is -0.497 e. The predicted octanol–water partition coefficient (Wildman–Crippen LogP) is 0.284. The summed E-state index contributed by atoms with van der Waals surface area (Å²) in [6.07, 6.45) is 0. The van der Waals surface area contributed by atoms with Crippen LogP contribution in [0.25, 0.3) is 28.3 Å². The molecule has 122 valence electrons. The highest BCUT2D eigenvalue weighted by molar-refractivity contribution is 5.79. The smallest absolute Gasteiger partial charge is 0.329 e. The van der Waals surface area contributed by atoms with Gasteiger partial charge in [-0.25, -0.2) is 9.20 Å². The van der Waals surface area contributed by atoms with E-state index in [2.05, 4.69) is 15.2 Å². The number of ether oxygens (including phenoxy) is 1. The fourth-order valence-electron chi connectivity index (χ4n) is 2.87. The van der Waals surface area contributed by atoms with Gasteiger partial charge in [0.05, 0.1) is 7.11 Å². The molecule has 0 spiro atoms. The molecule has 3 aromatic heterocycles. The Bertz CT molecular complexity index is 1190. The molecular weight excluding hydrogens is 312 g/mol. The third-order valence-electron chi connectivity index (χ3n) is 4.11. The Morgan fingerprint density at radius 2 is 1.75 bits per heavy atom. The minimum atomic E-state index is -0.491. The van der Waals surface area contributed by atoms with E-state index >= 15 is 0 Å². The van der Waals surface area contributed by atoms with Gasteiger partial charge in [0.15, 0.2) is 17.0 Å². The number of nitrogens with one attached hydrogen (secondary N) is 1. The van der Waals surface area contributed by atoms with E-state index in [1.165, 1.54) is 4.57 Å². The van der Waals surface area contributed by atoms with E-state index in [1.807, 2.05) is 24.3 Å². The molecule has 0 atom stereocenters. The lowest BCUT2D eigenvalue weighted by Gasteiger charge is -2.04. The molecule has 0 fully saturated rings. The van der Waals surface area contributed by atoms with Crippen molar-refractivity contribution < 1.29 is 4.74 Å². The average Bonchev–Trinajstić information content (AvgIpc) is 3.13. The van der Waals surface area contributed by atoms with Gasteiger partial charge in [0.2, 0.25) is 5.78 Å². The molecule has 0 radical (unpaired) electrons. The summed E-state index contributed by atoms with van der Waals surface area (Å²) in [5.74, 6) is 1.74. The second-order valence-electron chi connectivity index (χ2n) is 5.44. The topological polar surface area (TPSA) is 99.2 Å². The summed E-state index contributed by atoms with van der Waals surface area (Å²) in [5.41, 5.74) is 0.647. The van der Waals surface area contributed by atoms with Crippen molar-refractivity contribution in [3.8, 4) is 17.1 Å². The molecule has 4 aromatic rings. The first-order valence-electron chi connectivity index (χ1n) is 7.20. The largest absolute Gasteiger partial charge is 0.497 e. The molecule has 9 heteroatoms. The molecule has 4 rings (SSSR count). The van der Waals surface area contributed by atoms with E-state index < -0.39 is 11.2 Å². The quantitative estimate of drug-likeness (QED) is 0.570. The van der Waals surface area contributed by atoms with Crippen LogP contribution in [-0.4, -0.2) is 35.8 Å². The summed E-state index contributed by atoms with van der Waals surface area (Å²) in [7, 11) is 4.90. The Kier molecular flexibility index (Phi) is 2.86. The lowest BCUT2D eigenvalue weighted by Crippen LogP contribution is -2.29. The number of benzene rings is 1. The zero-order valence-electron chi connectivity index (χ0n) is 13.3. The van der Waals surface area contributed by atoms with Crippen molar-refractivity contribution in [2.45, 2.75) is 0 Å². The van der Waals surface area contributed by atoms with Gasteiger partial charge in [0.25, 0.3) is 5.56 Å². The lowest BCUT2D eigenvalue weighted by molar-refractivity contribution is 0.415. The standard InChI is InChI=1S/C15H14N6O3/c1-19-10-12(22)16-15(23)20(2)13(10)21-11(17-18-14(19)21)8-4-6-9(24-3)7-5-8/h4-7H,1-3H3,(H,16,22,23). The number of hydrogen-bond acceptors (Lipinski definition) is 5. The van der Waals surface area contributed by atoms with Crippen molar-refractivity contribution in [2.75, 3.05) is 7.11 Å². The number of imidazole rings is 1. The van der Waals surface area contributed by atoms with Gasteiger partial charge in [-0.05, 0) is 24.3 Å². The monoisotopic (exact) mass is 326 g/mol. The van der Waals surface area contributed by atoms with Crippen LogP contribution in [0.4, 0.5) is 0 Å². The molecule has 3 heterocycles. The summed E-state index contributed by atoms with van der Waals surface area (Å²) in [4.78, 5) is 26.5. The number of nitrogens with zero attached hydrogens (tertiary/aromatic N) is 5. The molecule has 0 aliphatic heterocycles. The molecular formula is C15H14N6O3. The first-order chi connectivity index (χ1) is 11.5. The van der Waals surface area contributed by atoms with Crippen molar-refractivity contribution >= 4 is 16.9 Å². The zero-order chi connectivity index (χ0) is 17.0. The third-order valence-corrected chi connectivity index (χ3v) is 4.11. The van der Waals surface area contributed by atoms with Crippen LogP contribution in [0.5, 0.6) is 5.75 Å². The highest BCUT2D eigenvalue weighted by atomic mass is 16.5. The highest BCUT2D eigenvalue weighted by Crippen LogP contribution is 2.24. The third kappa shape index (κ3) is 1.75. The van der Waals surface area contributed by atoms with Crippen LogP contribution in [-0.2, 0) is 14.1 Å². The van der Waals surface area contributed by atoms with E-state index in [9.17, 15) is 9.59 Å². The Hall–Kier alpha value is -3.36. The maximum absolute atomic E-state index is 12.2. The normalized spacial score (nSPS) is 11.5. The van der Waals surface area contributed by atoms with Crippen LogP contribution >= 0.6 is 0 Å². The molecule has 0 saturated carbocycles. The number of aryl methyl sites for hydroxylation is 2. The molecule has 0 bridgehead atoms. The van der Waals surface area contributed by atoms with Gasteiger partial charge in [-0.3, -0.25) is 14.3 Å². The second-order valence-corrected chi connectivity index (χ2v) is 5.44. The van der Waals surface area contributed by atoms with Crippen LogP contribution in [0.15, 0.2) is 33.9 Å². The van der Waals surface area contributed by atoms with Gasteiger partial charge in [-0.1, -0.05) is 0 Å². The molecule has 0 saturated heterocycles. The Morgan fingerprint density at radius 3 is 2.42 bits per heavy atom. The van der Waals surface area contributed by atoms with Gasteiger partial charge in [-0.2, -0.15) is 0 Å². The van der Waals surface area contributed by atoms with E-state index in [0.717, 1.165) is 11.3 Å². The first-order valence-corrected chi connectivity index (χ1v) is 7.20. The Labute approximate surface area is 134 Å². The van der Waals surface area contributed by atoms with E-state index in [1.54, 1.807) is 30.2 Å². The summed E-state index contributed by atoms with van der Waals surface area (Å²) < 4.78 is 9.86. The molecule has 1 aromatic carbocycles. The fraction of sp³-hybridized carbons (Fsp3) is 0.200. The molecule has 9 nitrogen and oxygen atoms in total. The molecule has 0 aliphatic carbocycles. The number of hydrogen-bond donors (Lipinski definition) is 1. The van der Waals surface area contributed by atoms with Crippen molar-refractivity contribution in [2.24, 2.45) is 14.1 Å². The molecule has 1 N–H and O–H groups in total. The van der Waals surface area contributed by atoms with Crippen molar-refractivity contribution in [1.29, 1.82) is 0 Å². The molecule has 0 unspecified atom stereocenters. The van der Waals surface area contributed by atoms with Crippen LogP contribution in [0.3, 0.4) is 0 Å². The maximum atomic E-state index is 12.2. The van der Waals surface area contributed by atoms with E-state index in [4.69, 9.17) is 4.74 Å². The van der Waals surface area contributed by atoms with E-state index in [0.29, 0.717) is 22.8 Å². The number of rotatable bonds is 2. The number of aromatic nitrogens is 6. The van der Waals surface area contributed by atoms with Crippen molar-refractivity contribution in [1.82, 2.24) is 28.7 Å². The molecule has 24 heavy (non-hydrogen) atoms. The Morgan fingerprint density at radius 1 is 1.04 bits per heavy atom. The molecule has 0 amide bonds. The van der Waals surface area contributed by atoms with E-state index in [-0.39, 0.29) is 0 Å². The highest BCUT2D eigenvalue weighted by Gasteiger charge is 2.20. The van der Waals surface area contributed by atoms with Crippen LogP contribution in [0.2, 0.25) is 0 Å². The van der Waals surface area contributed by atoms with Gasteiger partial charge >= 0.3 is 5.69 Å². The summed E-state index contributed by atoms with van der Waals surface area (Å²) in [5, 5.41) is 8.38. The first kappa shape index (κ1) is 14.2. The number of methoxy groups -OCH3 is 1. The number of aromatic amines is 1. The number of fused-ring (bicyclic) bond motifs is 3. The number of H-pyrrole nitrogens is 1. The van der Waals surface area contributed by atoms with Crippen LogP contribution in [0.1, 0.15) is 0 Å². The second kappa shape index (κ2) is 4.82. The summed E-state index contributed by atoms with van der Waals surface area (Å²) in [6, 6.07) is 7.32. The fourth-order valence-corrected chi connectivity index (χ4v) is 2.87. The van der Waals surface area contributed by atoms with Crippen molar-refractivity contribution in [3.63, 3.8) is 0 Å². The SMILES string of the molecule is COc1ccc(-c2nnc3n(C)c4c(=O)[nH]c(=O)n(C)c4n23)cc1. The summed E-state index contributed by atoms with van der Waals surface area (Å²) in [6.45, 7) is 0. The summed E-state index contributed by atoms with van der Waals surface area (Å²) >= 11 is 0. The van der Waals surface area contributed by atoms with Crippen LogP contribution in [0, 0.1) is 0 Å². The van der Waals surface area contributed by atoms with Crippen molar-refractivity contribution in [3.05, 3.63) is 45.1 Å². The lowest BCUT2D eigenvalue weighted by atomic mass is 10.2. The van der Waals surface area contributed by atoms with Crippen LogP contribution < -0.4 is 16.0 Å². The molecule has 0 aliphatic rings. The van der Waals surface area contributed by atoms with Gasteiger partial charge < -0.3 is 9.30 Å². The Balaban J connectivity index is 2.15. The van der Waals surface area contributed by atoms with Gasteiger partial charge in [-0.15, -0.1) is 10.2 Å². The minimum absolute atomic E-state index is 0.358. The maximum Gasteiger partial charge on any atom is 0.329 e.